The lowest BCUT2D eigenvalue weighted by molar-refractivity contribution is -0.121. The first-order chi connectivity index (χ1) is 12.4. The zero-order valence-electron chi connectivity index (χ0n) is 15.2. The van der Waals surface area contributed by atoms with Crippen molar-refractivity contribution in [1.82, 2.24) is 9.62 Å². The smallest absolute Gasteiger partial charge is 0.243 e. The van der Waals surface area contributed by atoms with Crippen molar-refractivity contribution in [3.8, 4) is 0 Å². The highest BCUT2D eigenvalue weighted by Gasteiger charge is 2.24. The molecule has 0 saturated heterocycles. The van der Waals surface area contributed by atoms with Gasteiger partial charge in [-0.3, -0.25) is 4.79 Å². The maximum Gasteiger partial charge on any atom is 0.243 e. The normalized spacial score (nSPS) is 12.8. The maximum absolute atomic E-state index is 12.6. The fourth-order valence-corrected chi connectivity index (χ4v) is 4.10. The number of nitrogens with one attached hydrogen (secondary N) is 1. The molecule has 0 aliphatic rings. The average Bonchev–Trinajstić information content (AvgIpc) is 2.66. The van der Waals surface area contributed by atoms with Crippen molar-refractivity contribution in [1.29, 1.82) is 0 Å². The molecule has 1 amide bonds. The molecule has 0 spiro atoms. The van der Waals surface area contributed by atoms with Crippen molar-refractivity contribution in [3.05, 3.63) is 60.2 Å². The Morgan fingerprint density at radius 3 is 2.27 bits per heavy atom. The number of carbonyl (C=O) groups is 1. The summed E-state index contributed by atoms with van der Waals surface area (Å²) < 4.78 is 26.3. The summed E-state index contributed by atoms with van der Waals surface area (Å²) in [5, 5.41) is 2.91. The van der Waals surface area contributed by atoms with Crippen molar-refractivity contribution in [2.45, 2.75) is 29.2 Å². The number of nitrogens with zero attached hydrogens (tertiary/aromatic N) is 1. The Bertz CT molecular complexity index is 822. The van der Waals surface area contributed by atoms with E-state index in [2.05, 4.69) is 5.32 Å². The quantitative estimate of drug-likeness (QED) is 0.700. The van der Waals surface area contributed by atoms with Crippen LogP contribution in [0, 0.1) is 0 Å². The lowest BCUT2D eigenvalue weighted by atomic mass is 10.0. The zero-order valence-corrected chi connectivity index (χ0v) is 16.8. The maximum atomic E-state index is 12.6. The van der Waals surface area contributed by atoms with Gasteiger partial charge < -0.3 is 5.32 Å². The number of likely N-dealkylation sites (N-methyl/N-ethyl adjacent to an activating group) is 1. The van der Waals surface area contributed by atoms with Crippen LogP contribution in [0.25, 0.3) is 0 Å². The molecule has 140 valence electrons. The van der Waals surface area contributed by atoms with E-state index in [1.165, 1.54) is 7.05 Å². The second-order valence-corrected chi connectivity index (χ2v) is 8.80. The highest BCUT2D eigenvalue weighted by molar-refractivity contribution is 7.98. The molecule has 0 aromatic heterocycles. The van der Waals surface area contributed by atoms with Gasteiger partial charge in [0.1, 0.15) is 0 Å². The largest absolute Gasteiger partial charge is 0.348 e. The Morgan fingerprint density at radius 1 is 1.12 bits per heavy atom. The van der Waals surface area contributed by atoms with Crippen LogP contribution in [0.3, 0.4) is 0 Å². The van der Waals surface area contributed by atoms with Gasteiger partial charge in [-0.15, -0.1) is 11.8 Å². The summed E-state index contributed by atoms with van der Waals surface area (Å²) in [6.45, 7) is 1.75. The molecule has 26 heavy (non-hydrogen) atoms. The molecule has 2 aromatic carbocycles. The van der Waals surface area contributed by atoms with Gasteiger partial charge in [0.15, 0.2) is 0 Å². The Labute approximate surface area is 159 Å². The lowest BCUT2D eigenvalue weighted by Gasteiger charge is -2.21. The Balaban J connectivity index is 2.05. The van der Waals surface area contributed by atoms with Gasteiger partial charge in [-0.25, -0.2) is 8.42 Å². The zero-order chi connectivity index (χ0) is 19.2. The Kier molecular flexibility index (Phi) is 7.25. The van der Waals surface area contributed by atoms with Gasteiger partial charge in [0.05, 0.1) is 17.5 Å². The number of benzene rings is 2. The number of amides is 1. The summed E-state index contributed by atoms with van der Waals surface area (Å²) in [5.41, 5.74) is 1.00. The predicted molar refractivity (Wildman–Crippen MR) is 106 cm³/mol. The summed E-state index contributed by atoms with van der Waals surface area (Å²) in [6, 6.07) is 16.1. The Hall–Kier alpha value is -1.83. The van der Waals surface area contributed by atoms with E-state index in [9.17, 15) is 13.2 Å². The molecule has 0 saturated carbocycles. The van der Waals surface area contributed by atoms with Crippen LogP contribution in [-0.2, 0) is 14.8 Å². The number of thioether (sulfide) groups is 1. The first kappa shape index (κ1) is 20.5. The number of hydrogen-bond donors (Lipinski definition) is 1. The van der Waals surface area contributed by atoms with Crippen LogP contribution in [0.4, 0.5) is 0 Å². The van der Waals surface area contributed by atoms with Crippen molar-refractivity contribution in [2.75, 3.05) is 19.8 Å². The molecular formula is C19H24N2O3S2. The molecule has 1 atom stereocenters. The van der Waals surface area contributed by atoms with Crippen molar-refractivity contribution in [3.63, 3.8) is 0 Å². The van der Waals surface area contributed by atoms with Gasteiger partial charge in [0.2, 0.25) is 15.9 Å². The number of carbonyl (C=O) groups excluding carboxylic acids is 1. The molecule has 2 aromatic rings. The van der Waals surface area contributed by atoms with E-state index in [1.807, 2.05) is 43.5 Å². The molecule has 0 aliphatic heterocycles. The molecule has 1 unspecified atom stereocenters. The van der Waals surface area contributed by atoms with Gasteiger partial charge in [-0.1, -0.05) is 37.3 Å². The molecule has 2 rings (SSSR count). The minimum Gasteiger partial charge on any atom is -0.348 e. The number of rotatable bonds is 8. The second kappa shape index (κ2) is 9.21. The van der Waals surface area contributed by atoms with Gasteiger partial charge in [0, 0.05) is 11.9 Å². The molecule has 0 aliphatic carbocycles. The highest BCUT2D eigenvalue weighted by atomic mass is 32.2. The van der Waals surface area contributed by atoms with E-state index in [4.69, 9.17) is 0 Å². The molecule has 0 fully saturated rings. The molecule has 0 radical (unpaired) electrons. The van der Waals surface area contributed by atoms with Crippen LogP contribution >= 0.6 is 11.8 Å². The van der Waals surface area contributed by atoms with E-state index in [-0.39, 0.29) is 23.4 Å². The summed E-state index contributed by atoms with van der Waals surface area (Å²) in [7, 11) is -2.29. The van der Waals surface area contributed by atoms with Crippen LogP contribution in [0.15, 0.2) is 64.4 Å². The van der Waals surface area contributed by atoms with Crippen molar-refractivity contribution < 1.29 is 13.2 Å². The summed E-state index contributed by atoms with van der Waals surface area (Å²) >= 11 is 1.54. The molecule has 0 bridgehead atoms. The number of hydrogen-bond acceptors (Lipinski definition) is 4. The average molecular weight is 393 g/mol. The molecule has 0 heterocycles. The van der Waals surface area contributed by atoms with Gasteiger partial charge in [-0.05, 0) is 42.5 Å². The standard InChI is InChI=1S/C19H24N2O3S2/c1-4-18(15-8-6-5-7-9-15)20-19(22)14-21(2)26(23,24)17-12-10-16(25-3)11-13-17/h5-13,18H,4,14H2,1-3H3,(H,20,22). The third-order valence-electron chi connectivity index (χ3n) is 4.08. The molecule has 7 heteroatoms. The fourth-order valence-electron chi connectivity index (χ4n) is 2.56. The lowest BCUT2D eigenvalue weighted by Crippen LogP contribution is -2.39. The van der Waals surface area contributed by atoms with E-state index < -0.39 is 10.0 Å². The van der Waals surface area contributed by atoms with Gasteiger partial charge >= 0.3 is 0 Å². The van der Waals surface area contributed by atoms with Crippen LogP contribution < -0.4 is 5.32 Å². The summed E-state index contributed by atoms with van der Waals surface area (Å²) in [4.78, 5) is 13.5. The van der Waals surface area contributed by atoms with E-state index in [0.717, 1.165) is 21.2 Å². The van der Waals surface area contributed by atoms with Crippen LogP contribution in [0.5, 0.6) is 0 Å². The third kappa shape index (κ3) is 5.09. The minimum absolute atomic E-state index is 0.138. The molecule has 1 N–H and O–H groups in total. The fraction of sp³-hybridized carbons (Fsp3) is 0.316. The minimum atomic E-state index is -3.70. The third-order valence-corrected chi connectivity index (χ3v) is 6.64. The Morgan fingerprint density at radius 2 is 1.73 bits per heavy atom. The highest BCUT2D eigenvalue weighted by Crippen LogP contribution is 2.20. The van der Waals surface area contributed by atoms with Crippen LogP contribution in [0.2, 0.25) is 0 Å². The first-order valence-electron chi connectivity index (χ1n) is 8.33. The predicted octanol–water partition coefficient (Wildman–Crippen LogP) is 3.30. The second-order valence-electron chi connectivity index (χ2n) is 5.88. The molecule has 5 nitrogen and oxygen atoms in total. The van der Waals surface area contributed by atoms with Crippen molar-refractivity contribution >= 4 is 27.7 Å². The van der Waals surface area contributed by atoms with E-state index in [0.29, 0.717) is 0 Å². The number of sulfonamides is 1. The first-order valence-corrected chi connectivity index (χ1v) is 11.0. The summed E-state index contributed by atoms with van der Waals surface area (Å²) in [6.07, 6.45) is 2.65. The topological polar surface area (TPSA) is 66.5 Å². The summed E-state index contributed by atoms with van der Waals surface area (Å²) in [5.74, 6) is -0.326. The van der Waals surface area contributed by atoms with Gasteiger partial charge in [-0.2, -0.15) is 4.31 Å². The van der Waals surface area contributed by atoms with Gasteiger partial charge in [0.25, 0.3) is 0 Å². The van der Waals surface area contributed by atoms with Crippen LogP contribution in [-0.4, -0.2) is 38.5 Å². The van der Waals surface area contributed by atoms with Crippen LogP contribution in [0.1, 0.15) is 24.9 Å². The monoisotopic (exact) mass is 392 g/mol. The van der Waals surface area contributed by atoms with Crippen molar-refractivity contribution in [2.24, 2.45) is 0 Å². The van der Waals surface area contributed by atoms with E-state index >= 15 is 0 Å². The molecular weight excluding hydrogens is 368 g/mol. The van der Waals surface area contributed by atoms with E-state index in [1.54, 1.807) is 36.0 Å². The SMILES string of the molecule is CCC(NC(=O)CN(C)S(=O)(=O)c1ccc(SC)cc1)c1ccccc1.